The number of aliphatic carboxylic acids is 1. The van der Waals surface area contributed by atoms with Crippen molar-refractivity contribution in [1.29, 1.82) is 0 Å². The number of hydrogen-bond donors (Lipinski definition) is 7. The van der Waals surface area contributed by atoms with E-state index in [2.05, 4.69) is 10.3 Å². The van der Waals surface area contributed by atoms with E-state index < -0.39 is 73.5 Å². The van der Waals surface area contributed by atoms with E-state index in [1.807, 2.05) is 5.32 Å². The van der Waals surface area contributed by atoms with Crippen molar-refractivity contribution in [3.63, 3.8) is 0 Å². The molecule has 1 aliphatic rings. The number of rotatable bonds is 8. The van der Waals surface area contributed by atoms with E-state index in [9.17, 15) is 34.5 Å². The first kappa shape index (κ1) is 24.2. The van der Waals surface area contributed by atoms with Gasteiger partial charge in [0.2, 0.25) is 5.91 Å². The molecule has 2 amide bonds. The first-order valence-corrected chi connectivity index (χ1v) is 8.93. The zero-order valence-corrected chi connectivity index (χ0v) is 16.3. The summed E-state index contributed by atoms with van der Waals surface area (Å²) in [6.45, 7) is -0.548. The minimum atomic E-state index is -1.91. The predicted octanol–water partition coefficient (Wildman–Crippen LogP) is -3.68. The number of ether oxygens (including phenoxy) is 2. The van der Waals surface area contributed by atoms with Crippen LogP contribution in [0.25, 0.3) is 0 Å². The maximum atomic E-state index is 12.3. The summed E-state index contributed by atoms with van der Waals surface area (Å²) in [5, 5.41) is 42.8. The number of nitrogens with two attached hydrogens (primary N) is 1. The van der Waals surface area contributed by atoms with Crippen LogP contribution in [0.1, 0.15) is 13.2 Å². The molecule has 0 saturated carbocycles. The molecule has 172 valence electrons. The molecule has 1 fully saturated rings. The summed E-state index contributed by atoms with van der Waals surface area (Å²) >= 11 is 0. The smallest absolute Gasteiger partial charge is 0.412 e. The molecule has 0 bridgehead atoms. The molecule has 15 heteroatoms. The lowest BCUT2D eigenvalue weighted by Gasteiger charge is -2.27. The van der Waals surface area contributed by atoms with Crippen molar-refractivity contribution in [3.8, 4) is 0 Å². The highest BCUT2D eigenvalue weighted by Gasteiger charge is 2.53. The first-order chi connectivity index (χ1) is 14.5. The van der Waals surface area contributed by atoms with Crippen LogP contribution in [-0.4, -0.2) is 91.6 Å². The van der Waals surface area contributed by atoms with E-state index in [0.29, 0.717) is 0 Å². The number of carbonyl (C=O) groups is 3. The minimum Gasteiger partial charge on any atom is -0.480 e. The number of carboxylic acid groups (broad SMARTS) is 1. The maximum absolute atomic E-state index is 12.3. The molecular formula is C16H23N5O10. The number of aliphatic hydroxyl groups excluding tert-OH is 2. The van der Waals surface area contributed by atoms with Gasteiger partial charge >= 0.3 is 17.8 Å². The lowest BCUT2D eigenvalue weighted by atomic mass is 9.96. The van der Waals surface area contributed by atoms with Gasteiger partial charge in [-0.05, 0) is 13.0 Å². The third kappa shape index (κ3) is 5.53. The predicted molar refractivity (Wildman–Crippen MR) is 99.7 cm³/mol. The van der Waals surface area contributed by atoms with Crippen LogP contribution in [0.15, 0.2) is 17.1 Å². The Bertz CT molecular complexity index is 888. The highest BCUT2D eigenvalue weighted by Crippen LogP contribution is 2.37. The zero-order chi connectivity index (χ0) is 23.3. The van der Waals surface area contributed by atoms with Crippen LogP contribution in [-0.2, 0) is 19.1 Å². The van der Waals surface area contributed by atoms with Crippen molar-refractivity contribution in [2.45, 2.75) is 37.0 Å². The number of aliphatic hydroxyl groups is 3. The van der Waals surface area contributed by atoms with Gasteiger partial charge in [0.1, 0.15) is 30.2 Å². The van der Waals surface area contributed by atoms with E-state index in [1.54, 1.807) is 0 Å². The Morgan fingerprint density at radius 2 is 2.13 bits per heavy atom. The number of amides is 2. The van der Waals surface area contributed by atoms with E-state index in [-0.39, 0.29) is 5.82 Å². The Hall–Kier alpha value is -3.11. The molecule has 0 aliphatic carbocycles. The molecule has 0 radical (unpaired) electrons. The topological polar surface area (TPSA) is 236 Å². The van der Waals surface area contributed by atoms with E-state index >= 15 is 0 Å². The molecule has 31 heavy (non-hydrogen) atoms. The number of carbonyl (C=O) groups excluding carboxylic acids is 2. The Balaban J connectivity index is 2.04. The van der Waals surface area contributed by atoms with Gasteiger partial charge in [-0.1, -0.05) is 0 Å². The molecule has 2 rings (SSSR count). The molecule has 1 aromatic heterocycles. The molecule has 1 saturated heterocycles. The summed E-state index contributed by atoms with van der Waals surface area (Å²) < 4.78 is 10.9. The van der Waals surface area contributed by atoms with Crippen molar-refractivity contribution in [2.24, 2.45) is 5.73 Å². The van der Waals surface area contributed by atoms with Crippen LogP contribution in [0.3, 0.4) is 0 Å². The highest BCUT2D eigenvalue weighted by molar-refractivity contribution is 5.86. The fraction of sp³-hybridized carbons (Fsp3) is 0.562. The fourth-order valence-electron chi connectivity index (χ4n) is 2.78. The Morgan fingerprint density at radius 3 is 2.65 bits per heavy atom. The first-order valence-electron chi connectivity index (χ1n) is 8.93. The Kier molecular flexibility index (Phi) is 7.64. The molecular weight excluding hydrogens is 422 g/mol. The molecule has 0 aromatic carbocycles. The maximum Gasteiger partial charge on any atom is 0.412 e. The van der Waals surface area contributed by atoms with Crippen LogP contribution in [0.5, 0.6) is 0 Å². The monoisotopic (exact) mass is 445 g/mol. The number of hydrogen-bond acceptors (Lipinski definition) is 11. The van der Waals surface area contributed by atoms with Gasteiger partial charge in [0.15, 0.2) is 12.3 Å². The fourth-order valence-corrected chi connectivity index (χ4v) is 2.78. The highest BCUT2D eigenvalue weighted by atomic mass is 16.6. The number of aromatic nitrogens is 2. The van der Waals surface area contributed by atoms with Gasteiger partial charge in [0, 0.05) is 6.20 Å². The van der Waals surface area contributed by atoms with Crippen LogP contribution in [0, 0.1) is 0 Å². The van der Waals surface area contributed by atoms with Crippen molar-refractivity contribution in [3.05, 3.63) is 22.7 Å². The van der Waals surface area contributed by atoms with Gasteiger partial charge in [-0.2, -0.15) is 4.98 Å². The van der Waals surface area contributed by atoms with Gasteiger partial charge in [0.05, 0.1) is 13.2 Å². The Labute approximate surface area is 174 Å². The van der Waals surface area contributed by atoms with Crippen molar-refractivity contribution >= 4 is 23.8 Å². The van der Waals surface area contributed by atoms with Gasteiger partial charge in [-0.15, -0.1) is 0 Å². The summed E-state index contributed by atoms with van der Waals surface area (Å²) in [5.41, 5.74) is 2.20. The number of carboxylic acids is 1. The standard InChI is InChI=1S/C16H23N5O10/c1-16(29)11(24)8(5-22)31-13(16)21-3-2-9(19-14(21)27)20-15(28)30-6-7(12(25)26)18-10(23)4-17/h2-3,7-8,11,13,22,24,29H,4-6,17H2,1H3,(H,18,23)(H,25,26)(H,19,20,27,28)/t7-,8+,11+,13+,16+/m0/s1. The van der Waals surface area contributed by atoms with E-state index in [4.69, 9.17) is 20.3 Å². The van der Waals surface area contributed by atoms with Crippen LogP contribution in [0.2, 0.25) is 0 Å². The Morgan fingerprint density at radius 1 is 1.45 bits per heavy atom. The molecule has 8 N–H and O–H groups in total. The van der Waals surface area contributed by atoms with Gasteiger partial charge in [0.25, 0.3) is 0 Å². The normalized spacial score (nSPS) is 26.2. The summed E-state index contributed by atoms with van der Waals surface area (Å²) in [7, 11) is 0. The molecule has 0 unspecified atom stereocenters. The van der Waals surface area contributed by atoms with Crippen LogP contribution < -0.4 is 22.1 Å². The van der Waals surface area contributed by atoms with E-state index in [0.717, 1.165) is 16.8 Å². The third-order valence-corrected chi connectivity index (χ3v) is 4.45. The molecule has 2 heterocycles. The van der Waals surface area contributed by atoms with Crippen LogP contribution in [0.4, 0.5) is 10.6 Å². The molecule has 1 aromatic rings. The quantitative estimate of drug-likeness (QED) is 0.205. The van der Waals surface area contributed by atoms with Crippen molar-refractivity contribution in [2.75, 3.05) is 25.1 Å². The second-order valence-corrected chi connectivity index (χ2v) is 6.77. The van der Waals surface area contributed by atoms with Gasteiger partial charge < -0.3 is 41.0 Å². The molecule has 0 spiro atoms. The van der Waals surface area contributed by atoms with Crippen LogP contribution >= 0.6 is 0 Å². The summed E-state index contributed by atoms with van der Waals surface area (Å²) in [6, 6.07) is -0.374. The second kappa shape index (κ2) is 9.80. The number of nitrogens with one attached hydrogen (secondary N) is 2. The SMILES string of the molecule is C[C@@]1(O)[C@H](O)[C@@H](CO)O[C@H]1n1ccc(NC(=O)OC[C@H](NC(=O)CN)C(=O)O)nc1=O. The van der Waals surface area contributed by atoms with Gasteiger partial charge in [-0.3, -0.25) is 14.7 Å². The largest absolute Gasteiger partial charge is 0.480 e. The molecule has 15 nitrogen and oxygen atoms in total. The average Bonchev–Trinajstić information content (AvgIpc) is 2.93. The molecule has 5 atom stereocenters. The third-order valence-electron chi connectivity index (χ3n) is 4.45. The second-order valence-electron chi connectivity index (χ2n) is 6.77. The summed E-state index contributed by atoms with van der Waals surface area (Å²) in [6.07, 6.45) is -3.98. The summed E-state index contributed by atoms with van der Waals surface area (Å²) in [5.74, 6) is -2.48. The average molecular weight is 445 g/mol. The molecule has 1 aliphatic heterocycles. The summed E-state index contributed by atoms with van der Waals surface area (Å²) in [4.78, 5) is 50.0. The number of nitrogens with zero attached hydrogens (tertiary/aromatic N) is 2. The van der Waals surface area contributed by atoms with Crippen molar-refractivity contribution < 1.29 is 44.3 Å². The lowest BCUT2D eigenvalue weighted by molar-refractivity contribution is -0.142. The van der Waals surface area contributed by atoms with Crippen molar-refractivity contribution in [1.82, 2.24) is 14.9 Å². The van der Waals surface area contributed by atoms with E-state index in [1.165, 1.54) is 6.92 Å². The zero-order valence-electron chi connectivity index (χ0n) is 16.3. The minimum absolute atomic E-state index is 0.263. The number of anilines is 1. The lowest BCUT2D eigenvalue weighted by Crippen LogP contribution is -2.47. The van der Waals surface area contributed by atoms with Gasteiger partial charge in [-0.25, -0.2) is 14.4 Å².